The van der Waals surface area contributed by atoms with E-state index in [2.05, 4.69) is 10.3 Å². The number of anilines is 1. The quantitative estimate of drug-likeness (QED) is 0.852. The first-order chi connectivity index (χ1) is 8.54. The molecule has 0 saturated carbocycles. The summed E-state index contributed by atoms with van der Waals surface area (Å²) in [5, 5.41) is 2.56. The summed E-state index contributed by atoms with van der Waals surface area (Å²) < 4.78 is 13.1. The van der Waals surface area contributed by atoms with Crippen LogP contribution in [-0.4, -0.2) is 10.9 Å². The van der Waals surface area contributed by atoms with Gasteiger partial charge in [-0.2, -0.15) is 0 Å². The fourth-order valence-corrected chi connectivity index (χ4v) is 1.56. The minimum absolute atomic E-state index is 0.284. The molecule has 92 valence electrons. The van der Waals surface area contributed by atoms with Gasteiger partial charge in [-0.25, -0.2) is 4.39 Å². The minimum atomic E-state index is -0.410. The topological polar surface area (TPSA) is 62.0 Å². The molecule has 2 aromatic rings. The van der Waals surface area contributed by atoms with E-state index in [1.54, 1.807) is 13.0 Å². The van der Waals surface area contributed by atoms with Gasteiger partial charge < -0.3 is 10.3 Å². The first-order valence-corrected chi connectivity index (χ1v) is 5.32. The highest BCUT2D eigenvalue weighted by Gasteiger charge is 2.07. The maximum Gasteiger partial charge on any atom is 0.257 e. The van der Waals surface area contributed by atoms with Gasteiger partial charge in [0.15, 0.2) is 0 Å². The van der Waals surface area contributed by atoms with Gasteiger partial charge >= 0.3 is 0 Å². The molecule has 4 nitrogen and oxygen atoms in total. The monoisotopic (exact) mass is 246 g/mol. The Labute approximate surface area is 102 Å². The second-order valence-electron chi connectivity index (χ2n) is 3.91. The summed E-state index contributed by atoms with van der Waals surface area (Å²) in [7, 11) is 0. The van der Waals surface area contributed by atoms with Crippen LogP contribution >= 0.6 is 0 Å². The van der Waals surface area contributed by atoms with E-state index in [1.165, 1.54) is 30.5 Å². The second kappa shape index (κ2) is 4.83. The van der Waals surface area contributed by atoms with Crippen molar-refractivity contribution < 1.29 is 9.18 Å². The Bertz CT molecular complexity index is 609. The Hall–Kier alpha value is -2.43. The van der Waals surface area contributed by atoms with Crippen molar-refractivity contribution in [3.63, 3.8) is 0 Å². The summed E-state index contributed by atoms with van der Waals surface area (Å²) in [6, 6.07) is 6.92. The van der Waals surface area contributed by atoms with E-state index in [0.717, 1.165) is 0 Å². The Balaban J connectivity index is 2.21. The first kappa shape index (κ1) is 12.0. The number of rotatable bonds is 2. The third-order valence-corrected chi connectivity index (χ3v) is 2.35. The molecule has 1 amide bonds. The van der Waals surface area contributed by atoms with Gasteiger partial charge in [-0.05, 0) is 36.8 Å². The van der Waals surface area contributed by atoms with Crippen molar-refractivity contribution in [2.75, 3.05) is 5.32 Å². The molecule has 0 aliphatic carbocycles. The Morgan fingerprint density at radius 3 is 2.67 bits per heavy atom. The highest BCUT2D eigenvalue weighted by Crippen LogP contribution is 2.14. The van der Waals surface area contributed by atoms with Crippen LogP contribution in [-0.2, 0) is 0 Å². The van der Waals surface area contributed by atoms with Gasteiger partial charge in [-0.1, -0.05) is 0 Å². The minimum Gasteiger partial charge on any atom is -0.328 e. The SMILES string of the molecule is Cc1cc(F)cc(NC(=O)c2ccc(=O)[nH]c2)c1. The van der Waals surface area contributed by atoms with Gasteiger partial charge in [-0.15, -0.1) is 0 Å². The number of benzene rings is 1. The number of aryl methyl sites for hydroxylation is 1. The Kier molecular flexibility index (Phi) is 3.23. The van der Waals surface area contributed by atoms with Gasteiger partial charge in [0.2, 0.25) is 5.56 Å². The number of aromatic nitrogens is 1. The van der Waals surface area contributed by atoms with Crippen LogP contribution in [0.4, 0.5) is 10.1 Å². The van der Waals surface area contributed by atoms with Crippen LogP contribution in [0.15, 0.2) is 41.3 Å². The summed E-state index contributed by atoms with van der Waals surface area (Å²) in [6.45, 7) is 1.73. The number of pyridine rings is 1. The Morgan fingerprint density at radius 1 is 1.28 bits per heavy atom. The van der Waals surface area contributed by atoms with Crippen LogP contribution in [0, 0.1) is 12.7 Å². The molecule has 0 radical (unpaired) electrons. The molecule has 1 aromatic carbocycles. The van der Waals surface area contributed by atoms with E-state index in [4.69, 9.17) is 0 Å². The maximum atomic E-state index is 13.1. The number of hydrogen-bond donors (Lipinski definition) is 2. The van der Waals surface area contributed by atoms with Crippen LogP contribution in [0.2, 0.25) is 0 Å². The van der Waals surface area contributed by atoms with Crippen molar-refractivity contribution in [2.24, 2.45) is 0 Å². The zero-order valence-corrected chi connectivity index (χ0v) is 9.66. The number of H-pyrrole nitrogens is 1. The molecular formula is C13H11FN2O2. The molecule has 0 unspecified atom stereocenters. The number of aromatic amines is 1. The largest absolute Gasteiger partial charge is 0.328 e. The molecule has 1 aromatic heterocycles. The van der Waals surface area contributed by atoms with Crippen LogP contribution in [0.3, 0.4) is 0 Å². The van der Waals surface area contributed by atoms with Crippen molar-refractivity contribution in [3.8, 4) is 0 Å². The number of halogens is 1. The van der Waals surface area contributed by atoms with E-state index >= 15 is 0 Å². The Morgan fingerprint density at radius 2 is 2.06 bits per heavy atom. The lowest BCUT2D eigenvalue weighted by molar-refractivity contribution is 0.102. The highest BCUT2D eigenvalue weighted by atomic mass is 19.1. The van der Waals surface area contributed by atoms with E-state index in [0.29, 0.717) is 16.8 Å². The summed E-state index contributed by atoms with van der Waals surface area (Å²) in [5.41, 5.74) is 1.11. The molecule has 0 aliphatic rings. The predicted octanol–water partition coefficient (Wildman–Crippen LogP) is 2.07. The summed E-state index contributed by atoms with van der Waals surface area (Å²) >= 11 is 0. The normalized spacial score (nSPS) is 10.1. The van der Waals surface area contributed by atoms with E-state index < -0.39 is 11.7 Å². The van der Waals surface area contributed by atoms with Crippen molar-refractivity contribution in [2.45, 2.75) is 6.92 Å². The predicted molar refractivity (Wildman–Crippen MR) is 66.2 cm³/mol. The van der Waals surface area contributed by atoms with Crippen LogP contribution in [0.1, 0.15) is 15.9 Å². The first-order valence-electron chi connectivity index (χ1n) is 5.32. The van der Waals surface area contributed by atoms with E-state index in [9.17, 15) is 14.0 Å². The molecule has 0 spiro atoms. The fourth-order valence-electron chi connectivity index (χ4n) is 1.56. The number of hydrogen-bond acceptors (Lipinski definition) is 2. The zero-order valence-electron chi connectivity index (χ0n) is 9.66. The van der Waals surface area contributed by atoms with Crippen molar-refractivity contribution >= 4 is 11.6 Å². The lowest BCUT2D eigenvalue weighted by Crippen LogP contribution is -2.14. The van der Waals surface area contributed by atoms with Crippen molar-refractivity contribution in [1.82, 2.24) is 4.98 Å². The van der Waals surface area contributed by atoms with Gasteiger partial charge in [0.25, 0.3) is 5.91 Å². The fraction of sp³-hybridized carbons (Fsp3) is 0.0769. The van der Waals surface area contributed by atoms with Crippen molar-refractivity contribution in [1.29, 1.82) is 0 Å². The van der Waals surface area contributed by atoms with Gasteiger partial charge in [0.1, 0.15) is 5.82 Å². The van der Waals surface area contributed by atoms with Gasteiger partial charge in [0.05, 0.1) is 5.56 Å². The summed E-state index contributed by atoms with van der Waals surface area (Å²) in [5.74, 6) is -0.817. The molecule has 2 N–H and O–H groups in total. The van der Waals surface area contributed by atoms with Crippen LogP contribution in [0.5, 0.6) is 0 Å². The van der Waals surface area contributed by atoms with Crippen LogP contribution in [0.25, 0.3) is 0 Å². The molecule has 18 heavy (non-hydrogen) atoms. The molecule has 0 bridgehead atoms. The molecular weight excluding hydrogens is 235 g/mol. The molecule has 0 saturated heterocycles. The molecule has 0 atom stereocenters. The number of carbonyl (C=O) groups is 1. The molecule has 0 aliphatic heterocycles. The molecule has 0 fully saturated rings. The molecule has 5 heteroatoms. The lowest BCUT2D eigenvalue weighted by Gasteiger charge is -2.06. The average molecular weight is 246 g/mol. The van der Waals surface area contributed by atoms with Gasteiger partial charge in [-0.3, -0.25) is 9.59 Å². The zero-order chi connectivity index (χ0) is 13.1. The second-order valence-corrected chi connectivity index (χ2v) is 3.91. The number of carbonyl (C=O) groups excluding carboxylic acids is 1. The van der Waals surface area contributed by atoms with Crippen LogP contribution < -0.4 is 10.9 Å². The third kappa shape index (κ3) is 2.82. The highest BCUT2D eigenvalue weighted by molar-refractivity contribution is 6.04. The maximum absolute atomic E-state index is 13.1. The summed E-state index contributed by atoms with van der Waals surface area (Å²) in [4.78, 5) is 25.0. The van der Waals surface area contributed by atoms with E-state index in [1.807, 2.05) is 0 Å². The van der Waals surface area contributed by atoms with E-state index in [-0.39, 0.29) is 5.56 Å². The summed E-state index contributed by atoms with van der Waals surface area (Å²) in [6.07, 6.45) is 1.31. The smallest absolute Gasteiger partial charge is 0.257 e. The lowest BCUT2D eigenvalue weighted by atomic mass is 10.2. The van der Waals surface area contributed by atoms with Crippen molar-refractivity contribution in [3.05, 3.63) is 63.8 Å². The number of amides is 1. The van der Waals surface area contributed by atoms with Gasteiger partial charge in [0, 0.05) is 18.0 Å². The third-order valence-electron chi connectivity index (χ3n) is 2.35. The standard InChI is InChI=1S/C13H11FN2O2/c1-8-4-10(14)6-11(5-8)16-13(18)9-2-3-12(17)15-7-9/h2-7H,1H3,(H,15,17)(H,16,18). The average Bonchev–Trinajstić information content (AvgIpc) is 2.28. The molecule has 2 rings (SSSR count). The molecule has 1 heterocycles. The number of nitrogens with one attached hydrogen (secondary N) is 2.